The highest BCUT2D eigenvalue weighted by Gasteiger charge is 2.30. The van der Waals surface area contributed by atoms with Crippen molar-refractivity contribution in [3.63, 3.8) is 0 Å². The van der Waals surface area contributed by atoms with Crippen LogP contribution >= 0.6 is 0 Å². The number of hydrogen-bond acceptors (Lipinski definition) is 4. The third-order valence-corrected chi connectivity index (χ3v) is 4.63. The molecular formula is C15H24N4O. The third-order valence-electron chi connectivity index (χ3n) is 4.63. The highest BCUT2D eigenvalue weighted by atomic mass is 16.4. The molecular weight excluding hydrogens is 252 g/mol. The van der Waals surface area contributed by atoms with Crippen molar-refractivity contribution in [2.45, 2.75) is 40.0 Å². The van der Waals surface area contributed by atoms with Crippen LogP contribution in [0.1, 0.15) is 44.2 Å². The van der Waals surface area contributed by atoms with Crippen LogP contribution in [0.4, 0.5) is 5.82 Å². The number of aryl methyl sites for hydroxylation is 1. The standard InChI is InChI=1S/C15H24N4O/c1-4-15(3)6-9-19(10-7-15)14-12(13(16)18-20)11(2)5-8-17-14/h5,8,20H,4,6-7,9-10H2,1-3H3,(H2,16,18). The van der Waals surface area contributed by atoms with E-state index in [2.05, 4.69) is 28.9 Å². The number of amidine groups is 1. The van der Waals surface area contributed by atoms with E-state index in [4.69, 9.17) is 10.9 Å². The van der Waals surface area contributed by atoms with Crippen LogP contribution in [-0.2, 0) is 0 Å². The van der Waals surface area contributed by atoms with Crippen LogP contribution in [0, 0.1) is 12.3 Å². The van der Waals surface area contributed by atoms with Crippen LogP contribution in [0.25, 0.3) is 0 Å². The van der Waals surface area contributed by atoms with Crippen LogP contribution in [0.5, 0.6) is 0 Å². The summed E-state index contributed by atoms with van der Waals surface area (Å²) >= 11 is 0. The Labute approximate surface area is 120 Å². The first-order valence-electron chi connectivity index (χ1n) is 7.19. The maximum atomic E-state index is 8.97. The minimum absolute atomic E-state index is 0.134. The summed E-state index contributed by atoms with van der Waals surface area (Å²) in [6.45, 7) is 8.48. The molecule has 0 amide bonds. The number of piperidine rings is 1. The molecule has 1 saturated heterocycles. The molecule has 1 fully saturated rings. The van der Waals surface area contributed by atoms with Crippen molar-refractivity contribution >= 4 is 11.7 Å². The molecule has 1 aliphatic heterocycles. The third kappa shape index (κ3) is 2.71. The molecule has 20 heavy (non-hydrogen) atoms. The van der Waals surface area contributed by atoms with Gasteiger partial charge in [-0.15, -0.1) is 0 Å². The SMILES string of the molecule is CCC1(C)CCN(c2nccc(C)c2/C(N)=N/O)CC1. The van der Waals surface area contributed by atoms with Gasteiger partial charge < -0.3 is 15.8 Å². The first kappa shape index (κ1) is 14.6. The monoisotopic (exact) mass is 276 g/mol. The van der Waals surface area contributed by atoms with E-state index in [1.54, 1.807) is 6.20 Å². The number of oxime groups is 1. The van der Waals surface area contributed by atoms with Crippen molar-refractivity contribution in [1.29, 1.82) is 0 Å². The molecule has 0 atom stereocenters. The van der Waals surface area contributed by atoms with E-state index in [0.29, 0.717) is 5.41 Å². The van der Waals surface area contributed by atoms with Crippen molar-refractivity contribution in [2.24, 2.45) is 16.3 Å². The summed E-state index contributed by atoms with van der Waals surface area (Å²) < 4.78 is 0. The molecule has 3 N–H and O–H groups in total. The number of anilines is 1. The Bertz CT molecular complexity index is 505. The molecule has 2 heterocycles. The molecule has 0 unspecified atom stereocenters. The second-order valence-corrected chi connectivity index (χ2v) is 5.96. The van der Waals surface area contributed by atoms with E-state index in [9.17, 15) is 0 Å². The predicted octanol–water partition coefficient (Wildman–Crippen LogP) is 2.50. The molecule has 0 radical (unpaired) electrons. The lowest BCUT2D eigenvalue weighted by Gasteiger charge is -2.40. The minimum Gasteiger partial charge on any atom is -0.409 e. The molecule has 0 bridgehead atoms. The van der Waals surface area contributed by atoms with Gasteiger partial charge in [0.2, 0.25) is 0 Å². The second kappa shape index (κ2) is 5.69. The van der Waals surface area contributed by atoms with Gasteiger partial charge in [-0.3, -0.25) is 0 Å². The summed E-state index contributed by atoms with van der Waals surface area (Å²) in [5.74, 6) is 0.966. The zero-order chi connectivity index (χ0) is 14.8. The lowest BCUT2D eigenvalue weighted by Crippen LogP contribution is -2.40. The minimum atomic E-state index is 0.134. The Balaban J connectivity index is 2.29. The van der Waals surface area contributed by atoms with Crippen LogP contribution in [0.3, 0.4) is 0 Å². The maximum Gasteiger partial charge on any atom is 0.174 e. The van der Waals surface area contributed by atoms with Crippen molar-refractivity contribution in [1.82, 2.24) is 4.98 Å². The predicted molar refractivity (Wildman–Crippen MR) is 81.3 cm³/mol. The van der Waals surface area contributed by atoms with Gasteiger partial charge in [0.1, 0.15) is 5.82 Å². The highest BCUT2D eigenvalue weighted by Crippen LogP contribution is 2.36. The molecule has 0 aromatic carbocycles. The molecule has 2 rings (SSSR count). The van der Waals surface area contributed by atoms with Gasteiger partial charge in [0.15, 0.2) is 5.84 Å². The maximum absolute atomic E-state index is 8.97. The Morgan fingerprint density at radius 2 is 2.15 bits per heavy atom. The van der Waals surface area contributed by atoms with E-state index in [-0.39, 0.29) is 5.84 Å². The molecule has 0 saturated carbocycles. The van der Waals surface area contributed by atoms with E-state index in [1.807, 2.05) is 13.0 Å². The van der Waals surface area contributed by atoms with Crippen LogP contribution < -0.4 is 10.6 Å². The number of rotatable bonds is 3. The summed E-state index contributed by atoms with van der Waals surface area (Å²) in [7, 11) is 0. The molecule has 110 valence electrons. The normalized spacial score (nSPS) is 19.1. The Kier molecular flexibility index (Phi) is 4.16. The fourth-order valence-corrected chi connectivity index (χ4v) is 2.76. The fourth-order valence-electron chi connectivity index (χ4n) is 2.76. The lowest BCUT2D eigenvalue weighted by molar-refractivity contribution is 0.237. The van der Waals surface area contributed by atoms with E-state index >= 15 is 0 Å². The molecule has 1 aromatic heterocycles. The average Bonchev–Trinajstić information content (AvgIpc) is 2.47. The van der Waals surface area contributed by atoms with E-state index < -0.39 is 0 Å². The number of pyridine rings is 1. The first-order chi connectivity index (χ1) is 9.50. The van der Waals surface area contributed by atoms with Gasteiger partial charge in [0.05, 0.1) is 5.56 Å². The average molecular weight is 276 g/mol. The van der Waals surface area contributed by atoms with Crippen LogP contribution in [0.15, 0.2) is 17.4 Å². The van der Waals surface area contributed by atoms with Crippen LogP contribution in [-0.4, -0.2) is 29.1 Å². The zero-order valence-corrected chi connectivity index (χ0v) is 12.6. The van der Waals surface area contributed by atoms with E-state index in [1.165, 1.54) is 6.42 Å². The van der Waals surface area contributed by atoms with Gasteiger partial charge in [-0.25, -0.2) is 4.98 Å². The van der Waals surface area contributed by atoms with Gasteiger partial charge in [0.25, 0.3) is 0 Å². The van der Waals surface area contributed by atoms with Gasteiger partial charge in [0, 0.05) is 19.3 Å². The van der Waals surface area contributed by atoms with Gasteiger partial charge in [-0.2, -0.15) is 0 Å². The van der Waals surface area contributed by atoms with Gasteiger partial charge in [-0.05, 0) is 36.8 Å². The summed E-state index contributed by atoms with van der Waals surface area (Å²) in [6, 6.07) is 1.89. The van der Waals surface area contributed by atoms with Gasteiger partial charge in [-0.1, -0.05) is 25.4 Å². The Morgan fingerprint density at radius 3 is 2.70 bits per heavy atom. The summed E-state index contributed by atoms with van der Waals surface area (Å²) in [4.78, 5) is 6.71. The summed E-state index contributed by atoms with van der Waals surface area (Å²) in [6.07, 6.45) is 5.28. The lowest BCUT2D eigenvalue weighted by atomic mass is 9.78. The second-order valence-electron chi connectivity index (χ2n) is 5.96. The molecule has 0 spiro atoms. The zero-order valence-electron chi connectivity index (χ0n) is 12.6. The summed E-state index contributed by atoms with van der Waals surface area (Å²) in [5.41, 5.74) is 7.97. The van der Waals surface area contributed by atoms with Crippen molar-refractivity contribution < 1.29 is 5.21 Å². The Morgan fingerprint density at radius 1 is 1.50 bits per heavy atom. The molecule has 1 aliphatic rings. The fraction of sp³-hybridized carbons (Fsp3) is 0.600. The Hall–Kier alpha value is -1.78. The molecule has 5 heteroatoms. The largest absolute Gasteiger partial charge is 0.409 e. The number of nitrogens with two attached hydrogens (primary N) is 1. The number of hydrogen-bond donors (Lipinski definition) is 2. The first-order valence-corrected chi connectivity index (χ1v) is 7.19. The number of aromatic nitrogens is 1. The van der Waals surface area contributed by atoms with Crippen molar-refractivity contribution in [3.05, 3.63) is 23.4 Å². The van der Waals surface area contributed by atoms with Crippen LogP contribution in [0.2, 0.25) is 0 Å². The number of nitrogens with zero attached hydrogens (tertiary/aromatic N) is 3. The van der Waals surface area contributed by atoms with Crippen molar-refractivity contribution in [2.75, 3.05) is 18.0 Å². The quantitative estimate of drug-likeness (QED) is 0.385. The molecule has 0 aliphatic carbocycles. The topological polar surface area (TPSA) is 74.7 Å². The molecule has 5 nitrogen and oxygen atoms in total. The van der Waals surface area contributed by atoms with Gasteiger partial charge >= 0.3 is 0 Å². The van der Waals surface area contributed by atoms with E-state index in [0.717, 1.165) is 42.9 Å². The highest BCUT2D eigenvalue weighted by molar-refractivity contribution is 6.02. The summed E-state index contributed by atoms with van der Waals surface area (Å²) in [5, 5.41) is 12.1. The van der Waals surface area contributed by atoms with Crippen molar-refractivity contribution in [3.8, 4) is 0 Å². The smallest absolute Gasteiger partial charge is 0.174 e. The molecule has 1 aromatic rings.